The number of halogens is 1. The van der Waals surface area contributed by atoms with Gasteiger partial charge in [-0.15, -0.1) is 11.6 Å². The first kappa shape index (κ1) is 31.1. The molecule has 0 fully saturated rings. The van der Waals surface area contributed by atoms with Gasteiger partial charge in [-0.1, -0.05) is 0 Å². The van der Waals surface area contributed by atoms with Gasteiger partial charge in [-0.25, -0.2) is 0 Å². The first-order valence-electron chi connectivity index (χ1n) is 1.83. The van der Waals surface area contributed by atoms with E-state index in [1.54, 1.807) is 0 Å². The second kappa shape index (κ2) is 12.6. The number of hydrogen-bond donors (Lipinski definition) is 0. The SMILES string of the molecule is O=P([O-])([O-])C(Cl)P(=O)([O-])[O-].[Na+].[Na+].[Na+].[Na+]. The molecule has 0 spiro atoms. The minimum absolute atomic E-state index is 0. The fourth-order valence-corrected chi connectivity index (χ4v) is 1.56. The number of rotatable bonds is 2. The maximum atomic E-state index is 9.75. The van der Waals surface area contributed by atoms with Crippen molar-refractivity contribution >= 4 is 26.8 Å². The predicted molar refractivity (Wildman–Crippen MR) is 24.9 cm³/mol. The molecule has 0 aromatic heterocycles. The molecule has 0 atom stereocenters. The monoisotopic (exact) mass is 298 g/mol. The van der Waals surface area contributed by atoms with Gasteiger partial charge in [0, 0.05) is 0 Å². The fourth-order valence-electron chi connectivity index (χ4n) is 0.173. The Hall–Kier alpha value is 4.59. The molecular formula is CHClNa4O6P2. The average Bonchev–Trinajstić information content (AvgIpc) is 1.59. The van der Waals surface area contributed by atoms with Gasteiger partial charge >= 0.3 is 118 Å². The molecule has 0 aromatic rings. The zero-order valence-electron chi connectivity index (χ0n) is 8.30. The Morgan fingerprint density at radius 3 is 0.929 bits per heavy atom. The Bertz CT molecular complexity index is 190. The Labute approximate surface area is 175 Å². The molecule has 0 radical (unpaired) electrons. The Kier molecular flexibility index (Phi) is 28.1. The summed E-state index contributed by atoms with van der Waals surface area (Å²) < 4.78 is 19.5. The minimum Gasteiger partial charge on any atom is -0.809 e. The summed E-state index contributed by atoms with van der Waals surface area (Å²) in [4.78, 5) is 36.1. The molecule has 0 aliphatic rings. The first-order chi connectivity index (χ1) is 4.15. The third kappa shape index (κ3) is 14.7. The summed E-state index contributed by atoms with van der Waals surface area (Å²) in [5.74, 6) is 0. The van der Waals surface area contributed by atoms with Crippen LogP contribution in [0.25, 0.3) is 0 Å². The maximum Gasteiger partial charge on any atom is 1.00 e. The van der Waals surface area contributed by atoms with E-state index in [9.17, 15) is 28.7 Å². The summed E-state index contributed by atoms with van der Waals surface area (Å²) in [7, 11) is -11.0. The summed E-state index contributed by atoms with van der Waals surface area (Å²) in [6, 6.07) is 0. The van der Waals surface area contributed by atoms with Crippen molar-refractivity contribution in [1.82, 2.24) is 0 Å². The molecule has 13 heteroatoms. The molecule has 0 N–H and O–H groups in total. The van der Waals surface area contributed by atoms with Crippen LogP contribution in [0.2, 0.25) is 0 Å². The van der Waals surface area contributed by atoms with Gasteiger partial charge in [0.25, 0.3) is 0 Å². The molecule has 0 saturated heterocycles. The minimum atomic E-state index is -5.50. The first-order valence-corrected chi connectivity index (χ1v) is 5.49. The normalized spacial score (nSPS) is 10.1. The van der Waals surface area contributed by atoms with Crippen molar-refractivity contribution in [2.75, 3.05) is 0 Å². The second-order valence-corrected chi connectivity index (χ2v) is 6.03. The van der Waals surface area contributed by atoms with Crippen LogP contribution in [0, 0.1) is 0 Å². The zero-order chi connectivity index (χ0) is 8.58. The van der Waals surface area contributed by atoms with Gasteiger partial charge < -0.3 is 28.7 Å². The number of alkyl halides is 1. The van der Waals surface area contributed by atoms with Crippen LogP contribution in [0.5, 0.6) is 0 Å². The molecule has 0 aromatic carbocycles. The van der Waals surface area contributed by atoms with E-state index in [4.69, 9.17) is 0 Å². The quantitative estimate of drug-likeness (QED) is 0.283. The largest absolute Gasteiger partial charge is 1.00 e. The predicted octanol–water partition coefficient (Wildman–Crippen LogP) is -14.6. The fraction of sp³-hybridized carbons (Fsp3) is 1.00. The molecule has 0 amide bonds. The summed E-state index contributed by atoms with van der Waals surface area (Å²) >= 11 is 4.46. The Morgan fingerprint density at radius 1 is 0.786 bits per heavy atom. The molecule has 62 valence electrons. The molecule has 0 rings (SSSR count). The molecule has 0 bridgehead atoms. The molecule has 0 saturated carbocycles. The molecule has 0 heterocycles. The zero-order valence-corrected chi connectivity index (χ0v) is 18.8. The van der Waals surface area contributed by atoms with Gasteiger partial charge in [0.15, 0.2) is 0 Å². The smallest absolute Gasteiger partial charge is 0.809 e. The van der Waals surface area contributed by atoms with E-state index in [1.165, 1.54) is 0 Å². The summed E-state index contributed by atoms with van der Waals surface area (Å²) in [6.07, 6.45) is 0. The molecule has 0 unspecified atom stereocenters. The van der Waals surface area contributed by atoms with Crippen LogP contribution in [-0.4, -0.2) is 4.86 Å². The van der Waals surface area contributed by atoms with E-state index in [0.29, 0.717) is 0 Å². The third-order valence-electron chi connectivity index (χ3n) is 0.522. The standard InChI is InChI=1S/CH5ClO6P2.4Na/c2-1(9(3,4)5)10(6,7)8;;;;/h1H,(H2,3,4,5)(H2,6,7,8);;;;/q;4*+1/p-4. The van der Waals surface area contributed by atoms with Crippen LogP contribution < -0.4 is 138 Å². The van der Waals surface area contributed by atoms with Crippen LogP contribution in [0.3, 0.4) is 0 Å². The third-order valence-corrected chi connectivity index (χ3v) is 4.70. The second-order valence-electron chi connectivity index (χ2n) is 1.39. The van der Waals surface area contributed by atoms with E-state index in [-0.39, 0.29) is 118 Å². The summed E-state index contributed by atoms with van der Waals surface area (Å²) in [6.45, 7) is 0. The van der Waals surface area contributed by atoms with Crippen molar-refractivity contribution in [3.05, 3.63) is 0 Å². The molecule has 0 aliphatic heterocycles. The summed E-state index contributed by atoms with van der Waals surface area (Å²) in [5.41, 5.74) is 0. The van der Waals surface area contributed by atoms with Gasteiger partial charge in [0.05, 0.1) is 4.86 Å². The van der Waals surface area contributed by atoms with Gasteiger partial charge in [-0.05, 0) is 15.2 Å². The van der Waals surface area contributed by atoms with Crippen molar-refractivity contribution in [2.24, 2.45) is 0 Å². The van der Waals surface area contributed by atoms with Crippen LogP contribution in [-0.2, 0) is 9.13 Å². The van der Waals surface area contributed by atoms with Crippen molar-refractivity contribution in [3.8, 4) is 0 Å². The van der Waals surface area contributed by atoms with Crippen molar-refractivity contribution in [1.29, 1.82) is 0 Å². The molecular weight excluding hydrogens is 297 g/mol. The van der Waals surface area contributed by atoms with Crippen LogP contribution in [0.15, 0.2) is 0 Å². The van der Waals surface area contributed by atoms with Crippen LogP contribution in [0.1, 0.15) is 0 Å². The van der Waals surface area contributed by atoms with Crippen LogP contribution in [0.4, 0.5) is 0 Å². The van der Waals surface area contributed by atoms with Crippen molar-refractivity contribution < 1.29 is 147 Å². The topological polar surface area (TPSA) is 126 Å². The van der Waals surface area contributed by atoms with Gasteiger partial charge in [0.1, 0.15) is 0 Å². The van der Waals surface area contributed by atoms with Gasteiger partial charge in [0.2, 0.25) is 0 Å². The van der Waals surface area contributed by atoms with Crippen molar-refractivity contribution in [2.45, 2.75) is 4.86 Å². The molecule has 6 nitrogen and oxygen atoms in total. The molecule has 14 heavy (non-hydrogen) atoms. The van der Waals surface area contributed by atoms with Crippen LogP contribution >= 0.6 is 26.8 Å². The van der Waals surface area contributed by atoms with Gasteiger partial charge in [-0.3, -0.25) is 0 Å². The van der Waals surface area contributed by atoms with E-state index >= 15 is 0 Å². The number of hydrogen-bond acceptors (Lipinski definition) is 6. The average molecular weight is 298 g/mol. The molecule has 0 aliphatic carbocycles. The van der Waals surface area contributed by atoms with E-state index in [0.717, 1.165) is 0 Å². The maximum absolute atomic E-state index is 9.75. The van der Waals surface area contributed by atoms with E-state index < -0.39 is 20.1 Å². The van der Waals surface area contributed by atoms with Gasteiger partial charge in [-0.2, -0.15) is 0 Å². The van der Waals surface area contributed by atoms with E-state index in [1.807, 2.05) is 0 Å². The summed E-state index contributed by atoms with van der Waals surface area (Å²) in [5, 5.41) is 0. The van der Waals surface area contributed by atoms with Crippen molar-refractivity contribution in [3.63, 3.8) is 0 Å². The Morgan fingerprint density at radius 2 is 0.929 bits per heavy atom. The van der Waals surface area contributed by atoms with E-state index in [2.05, 4.69) is 11.6 Å². The Balaban J connectivity index is -0.0000000675.